The fourth-order valence-electron chi connectivity index (χ4n) is 1.88. The van der Waals surface area contributed by atoms with E-state index in [9.17, 15) is 4.79 Å². The van der Waals surface area contributed by atoms with Gasteiger partial charge in [0.2, 0.25) is 0 Å². The molecule has 1 heterocycles. The molecule has 7 heteroatoms. The van der Waals surface area contributed by atoms with Gasteiger partial charge in [0, 0.05) is 11.9 Å². The largest absolute Gasteiger partial charge is 0.497 e. The summed E-state index contributed by atoms with van der Waals surface area (Å²) in [6, 6.07) is 7.10. The number of methoxy groups -OCH3 is 1. The molecule has 1 atom stereocenters. The maximum Gasteiger partial charge on any atom is 0.266 e. The zero-order chi connectivity index (χ0) is 16.8. The normalized spacial score (nSPS) is 12.0. The topological polar surface area (TPSA) is 63.7 Å². The Morgan fingerprint density at radius 1 is 1.30 bits per heavy atom. The predicted octanol–water partition coefficient (Wildman–Crippen LogP) is 2.62. The zero-order valence-electron chi connectivity index (χ0n) is 13.7. The molecule has 0 spiro atoms. The quantitative estimate of drug-likeness (QED) is 0.843. The zero-order valence-corrected chi connectivity index (χ0v) is 14.5. The van der Waals surface area contributed by atoms with Crippen molar-refractivity contribution < 1.29 is 14.3 Å². The lowest BCUT2D eigenvalue weighted by atomic mass is 10.3. The summed E-state index contributed by atoms with van der Waals surface area (Å²) in [6.45, 7) is 2.44. The molecule has 0 saturated carbocycles. The van der Waals surface area contributed by atoms with Crippen molar-refractivity contribution in [1.29, 1.82) is 0 Å². The molecular formula is C16H21N3O3S. The van der Waals surface area contributed by atoms with Gasteiger partial charge in [-0.15, -0.1) is 11.3 Å². The highest BCUT2D eigenvalue weighted by molar-refractivity contribution is 7.13. The van der Waals surface area contributed by atoms with Gasteiger partial charge in [-0.1, -0.05) is 0 Å². The first-order valence-corrected chi connectivity index (χ1v) is 8.06. The average molecular weight is 335 g/mol. The van der Waals surface area contributed by atoms with Crippen molar-refractivity contribution in [3.63, 3.8) is 0 Å². The summed E-state index contributed by atoms with van der Waals surface area (Å²) in [5.74, 6) is 1.12. The molecule has 2 rings (SSSR count). The van der Waals surface area contributed by atoms with E-state index in [2.05, 4.69) is 10.3 Å². The third kappa shape index (κ3) is 5.22. The number of anilines is 1. The van der Waals surface area contributed by atoms with E-state index in [-0.39, 0.29) is 5.91 Å². The second kappa shape index (κ2) is 7.94. The van der Waals surface area contributed by atoms with Crippen LogP contribution in [0.5, 0.6) is 11.5 Å². The number of amides is 1. The van der Waals surface area contributed by atoms with Gasteiger partial charge in [0.1, 0.15) is 11.5 Å². The molecule has 1 unspecified atom stereocenters. The van der Waals surface area contributed by atoms with E-state index in [0.717, 1.165) is 18.0 Å². The number of aromatic nitrogens is 1. The molecule has 0 saturated heterocycles. The Morgan fingerprint density at radius 3 is 2.57 bits per heavy atom. The van der Waals surface area contributed by atoms with Crippen molar-refractivity contribution in [3.8, 4) is 11.5 Å². The molecule has 124 valence electrons. The number of benzene rings is 1. The van der Waals surface area contributed by atoms with Gasteiger partial charge in [0.05, 0.1) is 12.8 Å². The highest BCUT2D eigenvalue weighted by Gasteiger charge is 2.16. The van der Waals surface area contributed by atoms with Crippen LogP contribution in [-0.2, 0) is 11.3 Å². The molecule has 1 aromatic carbocycles. The van der Waals surface area contributed by atoms with Gasteiger partial charge < -0.3 is 14.4 Å². The van der Waals surface area contributed by atoms with E-state index in [4.69, 9.17) is 9.47 Å². The fourth-order valence-corrected chi connectivity index (χ4v) is 2.58. The summed E-state index contributed by atoms with van der Waals surface area (Å²) in [5, 5.41) is 5.29. The summed E-state index contributed by atoms with van der Waals surface area (Å²) in [5.41, 5.74) is 0.930. The fraction of sp³-hybridized carbons (Fsp3) is 0.375. The highest BCUT2D eigenvalue weighted by Crippen LogP contribution is 2.20. The van der Waals surface area contributed by atoms with Gasteiger partial charge in [-0.25, -0.2) is 4.98 Å². The van der Waals surface area contributed by atoms with E-state index >= 15 is 0 Å². The number of carbonyl (C=O) groups excluding carboxylic acids is 1. The van der Waals surface area contributed by atoms with E-state index in [1.165, 1.54) is 11.3 Å². The number of rotatable bonds is 7. The van der Waals surface area contributed by atoms with E-state index in [0.29, 0.717) is 10.9 Å². The van der Waals surface area contributed by atoms with Gasteiger partial charge in [-0.05, 0) is 45.3 Å². The summed E-state index contributed by atoms with van der Waals surface area (Å²) < 4.78 is 10.7. The van der Waals surface area contributed by atoms with Crippen LogP contribution >= 0.6 is 11.3 Å². The maximum atomic E-state index is 12.2. The standard InChI is InChI=1S/C16H21N3O3S/c1-11(22-14-7-5-13(21-4)6-8-14)15(20)18-16-17-12(10-23-16)9-19(2)3/h5-8,10-11H,9H2,1-4H3,(H,17,18,20). The first kappa shape index (κ1) is 17.2. The molecule has 0 fully saturated rings. The lowest BCUT2D eigenvalue weighted by molar-refractivity contribution is -0.122. The van der Waals surface area contributed by atoms with Gasteiger partial charge in [0.25, 0.3) is 5.91 Å². The second-order valence-electron chi connectivity index (χ2n) is 5.31. The van der Waals surface area contributed by atoms with E-state index in [1.807, 2.05) is 24.4 Å². The first-order chi connectivity index (χ1) is 11.0. The highest BCUT2D eigenvalue weighted by atomic mass is 32.1. The van der Waals surface area contributed by atoms with Gasteiger partial charge in [0.15, 0.2) is 11.2 Å². The van der Waals surface area contributed by atoms with Crippen LogP contribution in [-0.4, -0.2) is 43.1 Å². The van der Waals surface area contributed by atoms with Crippen LogP contribution in [0, 0.1) is 0 Å². The molecule has 0 aliphatic rings. The minimum atomic E-state index is -0.621. The van der Waals surface area contributed by atoms with E-state index < -0.39 is 6.10 Å². The van der Waals surface area contributed by atoms with Crippen molar-refractivity contribution in [1.82, 2.24) is 9.88 Å². The molecule has 23 heavy (non-hydrogen) atoms. The number of hydrogen-bond donors (Lipinski definition) is 1. The first-order valence-electron chi connectivity index (χ1n) is 7.18. The Hall–Kier alpha value is -2.12. The van der Waals surface area contributed by atoms with Crippen molar-refractivity contribution in [2.75, 3.05) is 26.5 Å². The molecule has 1 amide bonds. The maximum absolute atomic E-state index is 12.2. The number of carbonyl (C=O) groups is 1. The summed E-state index contributed by atoms with van der Waals surface area (Å²) in [4.78, 5) is 18.6. The van der Waals surface area contributed by atoms with E-state index in [1.54, 1.807) is 38.3 Å². The van der Waals surface area contributed by atoms with Crippen LogP contribution in [0.3, 0.4) is 0 Å². The minimum absolute atomic E-state index is 0.230. The molecule has 6 nitrogen and oxygen atoms in total. The number of ether oxygens (including phenoxy) is 2. The average Bonchev–Trinajstić information content (AvgIpc) is 2.94. The van der Waals surface area contributed by atoms with Crippen LogP contribution in [0.25, 0.3) is 0 Å². The Balaban J connectivity index is 1.90. The van der Waals surface area contributed by atoms with Crippen LogP contribution in [0.1, 0.15) is 12.6 Å². The Bertz CT molecular complexity index is 640. The van der Waals surface area contributed by atoms with Crippen molar-refractivity contribution in [2.24, 2.45) is 0 Å². The van der Waals surface area contributed by atoms with Gasteiger partial charge >= 0.3 is 0 Å². The lowest BCUT2D eigenvalue weighted by Crippen LogP contribution is -2.30. The molecule has 0 aliphatic heterocycles. The number of nitrogens with one attached hydrogen (secondary N) is 1. The van der Waals surface area contributed by atoms with Crippen molar-refractivity contribution >= 4 is 22.4 Å². The van der Waals surface area contributed by atoms with Crippen LogP contribution in [0.15, 0.2) is 29.6 Å². The van der Waals surface area contributed by atoms with Crippen LogP contribution in [0.2, 0.25) is 0 Å². The minimum Gasteiger partial charge on any atom is -0.497 e. The van der Waals surface area contributed by atoms with Gasteiger partial charge in [-0.2, -0.15) is 0 Å². The SMILES string of the molecule is COc1ccc(OC(C)C(=O)Nc2nc(CN(C)C)cs2)cc1. The Labute approximate surface area is 140 Å². The smallest absolute Gasteiger partial charge is 0.266 e. The summed E-state index contributed by atoms with van der Waals surface area (Å²) in [6.07, 6.45) is -0.621. The molecular weight excluding hydrogens is 314 g/mol. The van der Waals surface area contributed by atoms with Crippen LogP contribution in [0.4, 0.5) is 5.13 Å². The molecule has 1 aromatic heterocycles. The monoisotopic (exact) mass is 335 g/mol. The number of thiazole rings is 1. The number of hydrogen-bond acceptors (Lipinski definition) is 6. The Kier molecular flexibility index (Phi) is 5.95. The van der Waals surface area contributed by atoms with Gasteiger partial charge in [-0.3, -0.25) is 10.1 Å². The lowest BCUT2D eigenvalue weighted by Gasteiger charge is -2.14. The third-order valence-electron chi connectivity index (χ3n) is 3.00. The summed E-state index contributed by atoms with van der Waals surface area (Å²) >= 11 is 1.41. The predicted molar refractivity (Wildman–Crippen MR) is 91.2 cm³/mol. The molecule has 0 radical (unpaired) electrons. The summed E-state index contributed by atoms with van der Waals surface area (Å²) in [7, 11) is 5.55. The molecule has 0 bridgehead atoms. The third-order valence-corrected chi connectivity index (χ3v) is 3.81. The molecule has 2 aromatic rings. The molecule has 0 aliphatic carbocycles. The van der Waals surface area contributed by atoms with Crippen molar-refractivity contribution in [2.45, 2.75) is 19.6 Å². The number of nitrogens with zero attached hydrogens (tertiary/aromatic N) is 2. The van der Waals surface area contributed by atoms with Crippen LogP contribution < -0.4 is 14.8 Å². The Morgan fingerprint density at radius 2 is 1.96 bits per heavy atom. The molecule has 1 N–H and O–H groups in total. The van der Waals surface area contributed by atoms with Crippen molar-refractivity contribution in [3.05, 3.63) is 35.3 Å². The second-order valence-corrected chi connectivity index (χ2v) is 6.16.